The normalized spacial score (nSPS) is 23.2. The van der Waals surface area contributed by atoms with Gasteiger partial charge in [0, 0.05) is 37.4 Å². The molecular weight excluding hydrogens is 455 g/mol. The summed E-state index contributed by atoms with van der Waals surface area (Å²) >= 11 is 0. The average molecular weight is 488 g/mol. The van der Waals surface area contributed by atoms with Crippen molar-refractivity contribution in [1.29, 1.82) is 0 Å². The third-order valence-corrected chi connectivity index (χ3v) is 7.11. The maximum Gasteiger partial charge on any atom is 0.416 e. The number of rotatable bonds is 4. The van der Waals surface area contributed by atoms with E-state index in [1.807, 2.05) is 17.0 Å². The standard InChI is InChI=1S/C27H32F3N3O2/c1-25(2)13-22-14-26(3,16-25)17-33(22)23(34)19-7-5-18(6-8-19)15-32(4)24(35)31-21-11-9-20(10-12-21)27(28,29)30/h5-12,22H,13-17H2,1-4H3,(H,31,35). The van der Waals surface area contributed by atoms with Crippen molar-refractivity contribution in [3.8, 4) is 0 Å². The highest BCUT2D eigenvalue weighted by molar-refractivity contribution is 5.95. The molecule has 2 aliphatic rings. The van der Waals surface area contributed by atoms with Crippen molar-refractivity contribution in [3.05, 3.63) is 65.2 Å². The molecule has 2 unspecified atom stereocenters. The Kier molecular flexibility index (Phi) is 6.36. The first-order chi connectivity index (χ1) is 16.2. The Bertz CT molecular complexity index is 1100. The van der Waals surface area contributed by atoms with E-state index in [0.717, 1.165) is 43.5 Å². The number of nitrogens with one attached hydrogen (secondary N) is 1. The summed E-state index contributed by atoms with van der Waals surface area (Å²) in [5, 5.41) is 2.60. The number of carbonyl (C=O) groups is 2. The molecule has 0 aromatic heterocycles. The fourth-order valence-electron chi connectivity index (χ4n) is 5.92. The predicted molar refractivity (Wildman–Crippen MR) is 129 cm³/mol. The second-order valence-electron chi connectivity index (χ2n) is 11.2. The van der Waals surface area contributed by atoms with E-state index >= 15 is 0 Å². The number of benzene rings is 2. The second kappa shape index (κ2) is 8.88. The molecule has 5 nitrogen and oxygen atoms in total. The van der Waals surface area contributed by atoms with Gasteiger partial charge in [-0.05, 0) is 72.1 Å². The smallest absolute Gasteiger partial charge is 0.335 e. The van der Waals surface area contributed by atoms with Crippen LogP contribution in [0.3, 0.4) is 0 Å². The summed E-state index contributed by atoms with van der Waals surface area (Å²) in [4.78, 5) is 29.2. The molecule has 1 heterocycles. The Morgan fingerprint density at radius 2 is 1.66 bits per heavy atom. The van der Waals surface area contributed by atoms with Gasteiger partial charge in [0.1, 0.15) is 0 Å². The Morgan fingerprint density at radius 1 is 1.03 bits per heavy atom. The van der Waals surface area contributed by atoms with Gasteiger partial charge in [-0.1, -0.05) is 32.9 Å². The van der Waals surface area contributed by atoms with Gasteiger partial charge in [-0.3, -0.25) is 4.79 Å². The average Bonchev–Trinajstić information content (AvgIpc) is 3.02. The molecule has 1 saturated heterocycles. The highest BCUT2D eigenvalue weighted by atomic mass is 19.4. The van der Waals surface area contributed by atoms with Crippen LogP contribution in [0.15, 0.2) is 48.5 Å². The topological polar surface area (TPSA) is 52.7 Å². The van der Waals surface area contributed by atoms with Crippen LogP contribution >= 0.6 is 0 Å². The van der Waals surface area contributed by atoms with Crippen molar-refractivity contribution in [2.75, 3.05) is 18.9 Å². The molecule has 2 aromatic carbocycles. The van der Waals surface area contributed by atoms with Crippen LogP contribution in [0.4, 0.5) is 23.7 Å². The molecule has 35 heavy (non-hydrogen) atoms. The number of nitrogens with zero attached hydrogens (tertiary/aromatic N) is 2. The monoisotopic (exact) mass is 487 g/mol. The van der Waals surface area contributed by atoms with E-state index in [-0.39, 0.29) is 28.5 Å². The summed E-state index contributed by atoms with van der Waals surface area (Å²) in [5.74, 6) is 0.0522. The number of fused-ring (bicyclic) bond motifs is 2. The van der Waals surface area contributed by atoms with Crippen molar-refractivity contribution in [1.82, 2.24) is 9.80 Å². The Labute approximate surface area is 204 Å². The van der Waals surface area contributed by atoms with Crippen LogP contribution in [0.5, 0.6) is 0 Å². The summed E-state index contributed by atoms with van der Waals surface area (Å²) in [7, 11) is 1.60. The quantitative estimate of drug-likeness (QED) is 0.542. The van der Waals surface area contributed by atoms with Gasteiger partial charge in [0.05, 0.1) is 5.56 Å². The minimum Gasteiger partial charge on any atom is -0.335 e. The fraction of sp³-hybridized carbons (Fsp3) is 0.481. The highest BCUT2D eigenvalue weighted by Gasteiger charge is 2.51. The largest absolute Gasteiger partial charge is 0.416 e. The maximum atomic E-state index is 13.3. The first kappa shape index (κ1) is 25.1. The van der Waals surface area contributed by atoms with E-state index in [0.29, 0.717) is 12.1 Å². The number of hydrogen-bond acceptors (Lipinski definition) is 2. The summed E-state index contributed by atoms with van der Waals surface area (Å²) < 4.78 is 38.1. The van der Waals surface area contributed by atoms with Gasteiger partial charge >= 0.3 is 12.2 Å². The summed E-state index contributed by atoms with van der Waals surface area (Å²) in [6.07, 6.45) is -1.22. The lowest BCUT2D eigenvalue weighted by Crippen LogP contribution is -2.37. The third-order valence-electron chi connectivity index (χ3n) is 7.11. The van der Waals surface area contributed by atoms with E-state index in [4.69, 9.17) is 0 Å². The minimum atomic E-state index is -4.42. The molecule has 8 heteroatoms. The molecule has 4 rings (SSSR count). The highest BCUT2D eigenvalue weighted by Crippen LogP contribution is 2.52. The van der Waals surface area contributed by atoms with Crippen LogP contribution in [0.2, 0.25) is 0 Å². The molecule has 1 aliphatic carbocycles. The van der Waals surface area contributed by atoms with Crippen LogP contribution in [0.25, 0.3) is 0 Å². The number of halogens is 3. The summed E-state index contributed by atoms with van der Waals surface area (Å²) in [6.45, 7) is 7.92. The van der Waals surface area contributed by atoms with Crippen molar-refractivity contribution in [2.45, 2.75) is 58.8 Å². The molecule has 0 radical (unpaired) electrons. The zero-order chi connectivity index (χ0) is 25.6. The van der Waals surface area contributed by atoms with E-state index in [2.05, 4.69) is 26.1 Å². The van der Waals surface area contributed by atoms with Crippen LogP contribution in [-0.4, -0.2) is 41.4 Å². The van der Waals surface area contributed by atoms with Crippen LogP contribution in [0.1, 0.15) is 61.5 Å². The van der Waals surface area contributed by atoms with Gasteiger partial charge in [0.2, 0.25) is 0 Å². The first-order valence-electron chi connectivity index (χ1n) is 11.8. The van der Waals surface area contributed by atoms with Crippen molar-refractivity contribution >= 4 is 17.6 Å². The van der Waals surface area contributed by atoms with Crippen molar-refractivity contribution in [2.24, 2.45) is 10.8 Å². The van der Waals surface area contributed by atoms with Gasteiger partial charge < -0.3 is 15.1 Å². The number of alkyl halides is 3. The molecule has 1 N–H and O–H groups in total. The zero-order valence-electron chi connectivity index (χ0n) is 20.6. The Hall–Kier alpha value is -3.03. The lowest BCUT2D eigenvalue weighted by Gasteiger charge is -2.39. The summed E-state index contributed by atoms with van der Waals surface area (Å²) in [6, 6.07) is 11.4. The van der Waals surface area contributed by atoms with Crippen LogP contribution in [-0.2, 0) is 12.7 Å². The number of urea groups is 1. The van der Waals surface area contributed by atoms with E-state index in [1.54, 1.807) is 19.2 Å². The lowest BCUT2D eigenvalue weighted by molar-refractivity contribution is -0.137. The molecule has 2 aromatic rings. The number of carbonyl (C=O) groups excluding carboxylic acids is 2. The SMILES string of the molecule is CN(Cc1ccc(C(=O)N2CC3(C)CC2CC(C)(C)C3)cc1)C(=O)Nc1ccc(C(F)(F)F)cc1. The molecule has 1 saturated carbocycles. The Morgan fingerprint density at radius 3 is 2.26 bits per heavy atom. The van der Waals surface area contributed by atoms with Crippen LogP contribution in [0, 0.1) is 10.8 Å². The van der Waals surface area contributed by atoms with Gasteiger partial charge in [0.25, 0.3) is 5.91 Å². The molecule has 2 fully saturated rings. The number of anilines is 1. The molecule has 0 spiro atoms. The fourth-order valence-corrected chi connectivity index (χ4v) is 5.92. The number of amides is 3. The van der Waals surface area contributed by atoms with Gasteiger partial charge in [-0.15, -0.1) is 0 Å². The summed E-state index contributed by atoms with van der Waals surface area (Å²) in [5.41, 5.74) is 1.41. The zero-order valence-corrected chi connectivity index (χ0v) is 20.6. The molecule has 188 valence electrons. The van der Waals surface area contributed by atoms with Gasteiger partial charge in [0.15, 0.2) is 0 Å². The minimum absolute atomic E-state index is 0.0522. The van der Waals surface area contributed by atoms with Crippen molar-refractivity contribution < 1.29 is 22.8 Å². The number of hydrogen-bond donors (Lipinski definition) is 1. The predicted octanol–water partition coefficient (Wildman–Crippen LogP) is 6.41. The van der Waals surface area contributed by atoms with Crippen molar-refractivity contribution in [3.63, 3.8) is 0 Å². The second-order valence-corrected chi connectivity index (χ2v) is 11.2. The Balaban J connectivity index is 1.35. The molecule has 2 atom stereocenters. The lowest BCUT2D eigenvalue weighted by atomic mass is 9.65. The number of likely N-dealkylation sites (tertiary alicyclic amines) is 1. The van der Waals surface area contributed by atoms with E-state index < -0.39 is 17.8 Å². The van der Waals surface area contributed by atoms with Gasteiger partial charge in [-0.2, -0.15) is 13.2 Å². The maximum absolute atomic E-state index is 13.3. The molecule has 3 amide bonds. The molecular formula is C27H32F3N3O2. The molecule has 1 aliphatic heterocycles. The van der Waals surface area contributed by atoms with E-state index in [1.165, 1.54) is 17.0 Å². The molecule has 2 bridgehead atoms. The first-order valence-corrected chi connectivity index (χ1v) is 11.8. The van der Waals surface area contributed by atoms with Gasteiger partial charge in [-0.25, -0.2) is 4.79 Å². The third kappa shape index (κ3) is 5.63. The van der Waals surface area contributed by atoms with E-state index in [9.17, 15) is 22.8 Å². The van der Waals surface area contributed by atoms with Crippen LogP contribution < -0.4 is 5.32 Å².